The molecule has 1 aromatic rings. The Morgan fingerprint density at radius 2 is 2.60 bits per heavy atom. The van der Waals surface area contributed by atoms with Crippen LogP contribution in [0.4, 0.5) is 0 Å². The first-order valence-corrected chi connectivity index (χ1v) is 3.16. The maximum absolute atomic E-state index is 10.3. The van der Waals surface area contributed by atoms with Crippen molar-refractivity contribution < 1.29 is 4.79 Å². The Balaban J connectivity index is 2.43. The number of aromatic nitrogens is 2. The molecule has 1 aliphatic heterocycles. The number of fused-ring (bicyclic) bond motifs is 1. The van der Waals surface area contributed by atoms with Gasteiger partial charge in [0, 0.05) is 25.4 Å². The molecule has 0 N–H and O–H groups in total. The van der Waals surface area contributed by atoms with Crippen LogP contribution in [0.1, 0.15) is 5.82 Å². The second-order valence-corrected chi connectivity index (χ2v) is 2.21. The van der Waals surface area contributed by atoms with Crippen molar-refractivity contribution in [2.45, 2.75) is 6.42 Å². The molecular formula is C6H7N3O. The second kappa shape index (κ2) is 1.83. The monoisotopic (exact) mass is 137 g/mol. The molecule has 1 aromatic heterocycles. The lowest BCUT2D eigenvalue weighted by molar-refractivity contribution is -0.108. The molecule has 0 bridgehead atoms. The summed E-state index contributed by atoms with van der Waals surface area (Å²) >= 11 is 0. The van der Waals surface area contributed by atoms with Crippen LogP contribution in [-0.4, -0.2) is 22.6 Å². The van der Waals surface area contributed by atoms with E-state index < -0.39 is 0 Å². The Hall–Kier alpha value is -1.32. The van der Waals surface area contributed by atoms with Crippen molar-refractivity contribution in [2.24, 2.45) is 0 Å². The van der Waals surface area contributed by atoms with E-state index in [2.05, 4.69) is 4.98 Å². The molecule has 2 rings (SSSR count). The third-order valence-corrected chi connectivity index (χ3v) is 1.66. The van der Waals surface area contributed by atoms with E-state index in [0.29, 0.717) is 0 Å². The number of nitrogens with zero attached hydrogens (tertiary/aromatic N) is 3. The van der Waals surface area contributed by atoms with Gasteiger partial charge in [0.1, 0.15) is 5.82 Å². The lowest BCUT2D eigenvalue weighted by Gasteiger charge is -2.09. The van der Waals surface area contributed by atoms with Crippen molar-refractivity contribution in [1.82, 2.24) is 9.66 Å². The minimum atomic E-state index is 0.757. The number of hydrogen-bond acceptors (Lipinski definition) is 2. The zero-order valence-corrected chi connectivity index (χ0v) is 5.40. The number of imidazole rings is 1. The molecule has 0 unspecified atom stereocenters. The van der Waals surface area contributed by atoms with E-state index in [4.69, 9.17) is 0 Å². The highest BCUT2D eigenvalue weighted by Crippen LogP contribution is 2.06. The highest BCUT2D eigenvalue weighted by molar-refractivity contribution is 5.61. The third-order valence-electron chi connectivity index (χ3n) is 1.66. The number of hydrogen-bond donors (Lipinski definition) is 0. The van der Waals surface area contributed by atoms with Crippen LogP contribution in [0, 0.1) is 0 Å². The predicted octanol–water partition coefficient (Wildman–Crippen LogP) is -0.466. The minimum absolute atomic E-state index is 0.757. The van der Waals surface area contributed by atoms with E-state index in [9.17, 15) is 4.79 Å². The lowest BCUT2D eigenvalue weighted by atomic mass is 10.4. The SMILES string of the molecule is O=CN1CCc2nccn21. The summed E-state index contributed by atoms with van der Waals surface area (Å²) in [7, 11) is 0. The summed E-state index contributed by atoms with van der Waals surface area (Å²) in [5, 5.41) is 1.60. The molecule has 10 heavy (non-hydrogen) atoms. The van der Waals surface area contributed by atoms with Gasteiger partial charge in [-0.25, -0.2) is 9.66 Å². The molecule has 0 saturated heterocycles. The van der Waals surface area contributed by atoms with E-state index in [-0.39, 0.29) is 0 Å². The molecule has 0 atom stereocenters. The first-order chi connectivity index (χ1) is 4.92. The van der Waals surface area contributed by atoms with Gasteiger partial charge >= 0.3 is 0 Å². The average Bonchev–Trinajstić information content (AvgIpc) is 2.44. The van der Waals surface area contributed by atoms with Crippen LogP contribution in [0.2, 0.25) is 0 Å². The molecule has 2 heterocycles. The number of amides is 1. The van der Waals surface area contributed by atoms with Gasteiger partial charge in [0.2, 0.25) is 6.41 Å². The van der Waals surface area contributed by atoms with Gasteiger partial charge < -0.3 is 0 Å². The number of carbonyl (C=O) groups excluding carboxylic acids is 1. The zero-order chi connectivity index (χ0) is 6.97. The van der Waals surface area contributed by atoms with E-state index in [1.165, 1.54) is 0 Å². The Morgan fingerprint density at radius 1 is 1.70 bits per heavy atom. The highest BCUT2D eigenvalue weighted by atomic mass is 16.1. The van der Waals surface area contributed by atoms with Gasteiger partial charge in [0.05, 0.1) is 0 Å². The maximum atomic E-state index is 10.3. The van der Waals surface area contributed by atoms with Crippen molar-refractivity contribution in [2.75, 3.05) is 11.6 Å². The normalized spacial score (nSPS) is 15.4. The van der Waals surface area contributed by atoms with Crippen LogP contribution >= 0.6 is 0 Å². The molecular weight excluding hydrogens is 130 g/mol. The fraction of sp³-hybridized carbons (Fsp3) is 0.333. The first-order valence-electron chi connectivity index (χ1n) is 3.16. The average molecular weight is 137 g/mol. The van der Waals surface area contributed by atoms with Gasteiger partial charge in [-0.3, -0.25) is 9.80 Å². The molecule has 0 fully saturated rings. The second-order valence-electron chi connectivity index (χ2n) is 2.21. The van der Waals surface area contributed by atoms with Gasteiger partial charge in [-0.1, -0.05) is 0 Å². The minimum Gasteiger partial charge on any atom is -0.277 e. The molecule has 0 radical (unpaired) electrons. The van der Waals surface area contributed by atoms with Crippen molar-refractivity contribution in [3.63, 3.8) is 0 Å². The zero-order valence-electron chi connectivity index (χ0n) is 5.40. The smallest absolute Gasteiger partial charge is 0.228 e. The molecule has 0 saturated carbocycles. The number of rotatable bonds is 1. The van der Waals surface area contributed by atoms with Crippen LogP contribution in [0.3, 0.4) is 0 Å². The van der Waals surface area contributed by atoms with Crippen LogP contribution in [0.15, 0.2) is 12.4 Å². The predicted molar refractivity (Wildman–Crippen MR) is 35.1 cm³/mol. The van der Waals surface area contributed by atoms with Gasteiger partial charge in [-0.15, -0.1) is 0 Å². The van der Waals surface area contributed by atoms with E-state index in [0.717, 1.165) is 25.2 Å². The van der Waals surface area contributed by atoms with Crippen LogP contribution < -0.4 is 5.01 Å². The Kier molecular flexibility index (Phi) is 1.00. The van der Waals surface area contributed by atoms with Crippen molar-refractivity contribution in [3.05, 3.63) is 18.2 Å². The van der Waals surface area contributed by atoms with Gasteiger partial charge in [0.15, 0.2) is 0 Å². The van der Waals surface area contributed by atoms with E-state index >= 15 is 0 Å². The van der Waals surface area contributed by atoms with Crippen LogP contribution in [0.25, 0.3) is 0 Å². The summed E-state index contributed by atoms with van der Waals surface area (Å²) < 4.78 is 1.77. The van der Waals surface area contributed by atoms with Crippen molar-refractivity contribution in [1.29, 1.82) is 0 Å². The Bertz CT molecular complexity index is 255. The molecule has 0 spiro atoms. The van der Waals surface area contributed by atoms with Crippen LogP contribution in [0.5, 0.6) is 0 Å². The quantitative estimate of drug-likeness (QED) is 0.491. The summed E-state index contributed by atoms with van der Waals surface area (Å²) in [4.78, 5) is 14.4. The van der Waals surface area contributed by atoms with Gasteiger partial charge in [-0.2, -0.15) is 0 Å². The molecule has 0 aromatic carbocycles. The molecule has 1 aliphatic rings. The molecule has 4 heteroatoms. The molecule has 0 aliphatic carbocycles. The highest BCUT2D eigenvalue weighted by Gasteiger charge is 2.16. The summed E-state index contributed by atoms with van der Waals surface area (Å²) in [5.41, 5.74) is 0. The van der Waals surface area contributed by atoms with Gasteiger partial charge in [0.25, 0.3) is 0 Å². The summed E-state index contributed by atoms with van der Waals surface area (Å²) in [6.45, 7) is 0.757. The van der Waals surface area contributed by atoms with Crippen LogP contribution in [-0.2, 0) is 11.2 Å². The maximum Gasteiger partial charge on any atom is 0.228 e. The number of carbonyl (C=O) groups is 1. The summed E-state index contributed by atoms with van der Waals surface area (Å²) in [6, 6.07) is 0. The summed E-state index contributed by atoms with van der Waals surface area (Å²) in [6.07, 6.45) is 5.17. The van der Waals surface area contributed by atoms with Gasteiger partial charge in [-0.05, 0) is 0 Å². The standard InChI is InChI=1S/C6H7N3O/c10-5-8-3-1-6-7-2-4-9(6)8/h2,4-5H,1,3H2. The fourth-order valence-corrected chi connectivity index (χ4v) is 1.17. The third kappa shape index (κ3) is 0.556. The van der Waals surface area contributed by atoms with Crippen molar-refractivity contribution >= 4 is 6.41 Å². The lowest BCUT2D eigenvalue weighted by Crippen LogP contribution is -2.27. The fourth-order valence-electron chi connectivity index (χ4n) is 1.17. The molecule has 52 valence electrons. The van der Waals surface area contributed by atoms with E-state index in [1.54, 1.807) is 22.1 Å². The largest absolute Gasteiger partial charge is 0.277 e. The summed E-state index contributed by atoms with van der Waals surface area (Å²) in [5.74, 6) is 0.965. The first kappa shape index (κ1) is 5.46. The van der Waals surface area contributed by atoms with E-state index in [1.807, 2.05) is 0 Å². The topological polar surface area (TPSA) is 38.1 Å². The molecule has 1 amide bonds. The Morgan fingerprint density at radius 3 is 3.40 bits per heavy atom. The Labute approximate surface area is 58.1 Å². The van der Waals surface area contributed by atoms with Crippen molar-refractivity contribution in [3.8, 4) is 0 Å². The molecule has 4 nitrogen and oxygen atoms in total.